The van der Waals surface area contributed by atoms with Crippen LogP contribution in [0, 0.1) is 11.3 Å². The second-order valence-corrected chi connectivity index (χ2v) is 4.58. The number of likely N-dealkylation sites (tertiary alicyclic amines) is 1. The van der Waals surface area contributed by atoms with Crippen molar-refractivity contribution in [2.75, 3.05) is 20.1 Å². The summed E-state index contributed by atoms with van der Waals surface area (Å²) >= 11 is 0. The van der Waals surface area contributed by atoms with Crippen LogP contribution in [0.1, 0.15) is 41.0 Å². The summed E-state index contributed by atoms with van der Waals surface area (Å²) in [5.41, 5.74) is 0.642. The lowest BCUT2D eigenvalue weighted by Gasteiger charge is -2.47. The van der Waals surface area contributed by atoms with Crippen molar-refractivity contribution in [2.45, 2.75) is 41.0 Å². The highest BCUT2D eigenvalue weighted by molar-refractivity contribution is 4.89. The fourth-order valence-electron chi connectivity index (χ4n) is 2.37. The van der Waals surface area contributed by atoms with Crippen molar-refractivity contribution < 1.29 is 0 Å². The zero-order valence-corrected chi connectivity index (χ0v) is 9.65. The third-order valence-electron chi connectivity index (χ3n) is 2.20. The minimum atomic E-state index is 0.642. The van der Waals surface area contributed by atoms with Gasteiger partial charge < -0.3 is 4.90 Å². The third-order valence-corrected chi connectivity index (χ3v) is 2.20. The molecule has 1 aliphatic rings. The number of rotatable bonds is 2. The summed E-state index contributed by atoms with van der Waals surface area (Å²) in [6.07, 6.45) is 1.39. The van der Waals surface area contributed by atoms with Gasteiger partial charge in [0.05, 0.1) is 0 Å². The summed E-state index contributed by atoms with van der Waals surface area (Å²) in [6, 6.07) is 0. The molecule has 12 heavy (non-hydrogen) atoms. The lowest BCUT2D eigenvalue weighted by atomic mass is 9.76. The van der Waals surface area contributed by atoms with Crippen LogP contribution in [0.15, 0.2) is 0 Å². The van der Waals surface area contributed by atoms with Gasteiger partial charge in [-0.2, -0.15) is 0 Å². The van der Waals surface area contributed by atoms with Crippen LogP contribution in [0.2, 0.25) is 0 Å². The minimum Gasteiger partial charge on any atom is -0.305 e. The molecule has 0 N–H and O–H groups in total. The molecule has 1 nitrogen and oxygen atoms in total. The summed E-state index contributed by atoms with van der Waals surface area (Å²) in [5, 5.41) is 0. The van der Waals surface area contributed by atoms with Gasteiger partial charge in [0.1, 0.15) is 0 Å². The maximum absolute atomic E-state index is 2.40. The summed E-state index contributed by atoms with van der Waals surface area (Å²) in [6.45, 7) is 13.6. The zero-order chi connectivity index (χ0) is 9.78. The average Bonchev–Trinajstić information content (AvgIpc) is 1.87. The second kappa shape index (κ2) is 4.86. The lowest BCUT2D eigenvalue weighted by Crippen LogP contribution is -2.52. The monoisotopic (exact) mass is 171 g/mol. The highest BCUT2D eigenvalue weighted by Gasteiger charge is 2.36. The fraction of sp³-hybridized carbons (Fsp3) is 1.00. The van der Waals surface area contributed by atoms with Gasteiger partial charge >= 0.3 is 0 Å². The molecule has 0 spiro atoms. The highest BCUT2D eigenvalue weighted by Crippen LogP contribution is 2.34. The predicted molar refractivity (Wildman–Crippen MR) is 56.4 cm³/mol. The van der Waals surface area contributed by atoms with Crippen LogP contribution in [0.4, 0.5) is 0 Å². The first kappa shape index (κ1) is 12.0. The molecule has 0 unspecified atom stereocenters. The lowest BCUT2D eigenvalue weighted by molar-refractivity contribution is 0.0211. The average molecular weight is 171 g/mol. The molecule has 0 bridgehead atoms. The van der Waals surface area contributed by atoms with E-state index in [0.29, 0.717) is 5.41 Å². The molecule has 0 radical (unpaired) electrons. The van der Waals surface area contributed by atoms with E-state index in [0.717, 1.165) is 5.92 Å². The van der Waals surface area contributed by atoms with Crippen LogP contribution in [0.25, 0.3) is 0 Å². The fourth-order valence-corrected chi connectivity index (χ4v) is 2.37. The first-order chi connectivity index (χ1) is 5.52. The minimum absolute atomic E-state index is 0.642. The molecular formula is C11H25N. The Bertz CT molecular complexity index is 112. The van der Waals surface area contributed by atoms with Crippen LogP contribution in [0.3, 0.4) is 0 Å². The van der Waals surface area contributed by atoms with Gasteiger partial charge in [-0.15, -0.1) is 0 Å². The molecule has 0 aromatic heterocycles. The van der Waals surface area contributed by atoms with Gasteiger partial charge in [-0.1, -0.05) is 34.6 Å². The molecule has 0 atom stereocenters. The highest BCUT2D eigenvalue weighted by atomic mass is 15.2. The van der Waals surface area contributed by atoms with Gasteiger partial charge in [-0.3, -0.25) is 0 Å². The molecule has 1 fully saturated rings. The van der Waals surface area contributed by atoms with Crippen LogP contribution < -0.4 is 0 Å². The van der Waals surface area contributed by atoms with Gasteiger partial charge in [0.2, 0.25) is 0 Å². The molecule has 0 aromatic carbocycles. The molecule has 0 aliphatic carbocycles. The Morgan fingerprint density at radius 1 is 1.25 bits per heavy atom. The van der Waals surface area contributed by atoms with E-state index in [9.17, 15) is 0 Å². The first-order valence-electron chi connectivity index (χ1n) is 5.20. The van der Waals surface area contributed by atoms with E-state index in [1.165, 1.54) is 19.5 Å². The predicted octanol–water partition coefficient (Wildman–Crippen LogP) is 3.01. The van der Waals surface area contributed by atoms with E-state index in [2.05, 4.69) is 32.7 Å². The number of hydrogen-bond acceptors (Lipinski definition) is 1. The Morgan fingerprint density at radius 2 is 1.67 bits per heavy atom. The summed E-state index contributed by atoms with van der Waals surface area (Å²) in [7, 11) is 2.20. The van der Waals surface area contributed by atoms with E-state index < -0.39 is 0 Å². The SMILES string of the molecule is CC.CC(C)CC1(C)CN(C)C1. The van der Waals surface area contributed by atoms with Crippen molar-refractivity contribution >= 4 is 0 Å². The van der Waals surface area contributed by atoms with Gasteiger partial charge in [0.25, 0.3) is 0 Å². The normalized spacial score (nSPS) is 21.2. The molecule has 0 saturated carbocycles. The first-order valence-corrected chi connectivity index (χ1v) is 5.20. The number of nitrogens with zero attached hydrogens (tertiary/aromatic N) is 1. The largest absolute Gasteiger partial charge is 0.305 e. The van der Waals surface area contributed by atoms with E-state index in [1.54, 1.807) is 0 Å². The summed E-state index contributed by atoms with van der Waals surface area (Å²) < 4.78 is 0. The maximum atomic E-state index is 2.40. The van der Waals surface area contributed by atoms with Gasteiger partial charge in [0.15, 0.2) is 0 Å². The van der Waals surface area contributed by atoms with Crippen LogP contribution in [-0.4, -0.2) is 25.0 Å². The summed E-state index contributed by atoms with van der Waals surface area (Å²) in [5.74, 6) is 0.860. The zero-order valence-electron chi connectivity index (χ0n) is 9.65. The molecule has 1 heterocycles. The third kappa shape index (κ3) is 3.57. The maximum Gasteiger partial charge on any atom is 0.00449 e. The Balaban J connectivity index is 0.000000561. The quantitative estimate of drug-likeness (QED) is 0.617. The van der Waals surface area contributed by atoms with Crippen molar-refractivity contribution in [2.24, 2.45) is 11.3 Å². The van der Waals surface area contributed by atoms with Gasteiger partial charge in [-0.25, -0.2) is 0 Å². The Hall–Kier alpha value is -0.0400. The van der Waals surface area contributed by atoms with E-state index in [1.807, 2.05) is 13.8 Å². The van der Waals surface area contributed by atoms with Crippen molar-refractivity contribution in [3.8, 4) is 0 Å². The Labute approximate surface area is 78.1 Å². The molecule has 0 aromatic rings. The number of hydrogen-bond donors (Lipinski definition) is 0. The van der Waals surface area contributed by atoms with E-state index >= 15 is 0 Å². The molecule has 1 aliphatic heterocycles. The van der Waals surface area contributed by atoms with Crippen molar-refractivity contribution in [1.82, 2.24) is 4.90 Å². The van der Waals surface area contributed by atoms with Gasteiger partial charge in [-0.05, 0) is 24.8 Å². The second-order valence-electron chi connectivity index (χ2n) is 4.58. The molecule has 1 heteroatoms. The Morgan fingerprint density at radius 3 is 1.92 bits per heavy atom. The van der Waals surface area contributed by atoms with E-state index in [-0.39, 0.29) is 0 Å². The van der Waals surface area contributed by atoms with Crippen molar-refractivity contribution in [3.05, 3.63) is 0 Å². The van der Waals surface area contributed by atoms with E-state index in [4.69, 9.17) is 0 Å². The molecule has 1 rings (SSSR count). The molecule has 0 amide bonds. The van der Waals surface area contributed by atoms with Gasteiger partial charge in [0, 0.05) is 13.1 Å². The van der Waals surface area contributed by atoms with Crippen LogP contribution >= 0.6 is 0 Å². The Kier molecular flexibility index (Phi) is 4.84. The topological polar surface area (TPSA) is 3.24 Å². The smallest absolute Gasteiger partial charge is 0.00449 e. The van der Waals surface area contributed by atoms with Crippen molar-refractivity contribution in [1.29, 1.82) is 0 Å². The van der Waals surface area contributed by atoms with Crippen LogP contribution in [0.5, 0.6) is 0 Å². The molecule has 1 saturated heterocycles. The summed E-state index contributed by atoms with van der Waals surface area (Å²) in [4.78, 5) is 2.39. The molecule has 74 valence electrons. The standard InChI is InChI=1S/C9H19N.C2H6/c1-8(2)5-9(3)6-10(4)7-9;1-2/h8H,5-7H2,1-4H3;1-2H3. The molecular weight excluding hydrogens is 146 g/mol. The van der Waals surface area contributed by atoms with Crippen molar-refractivity contribution in [3.63, 3.8) is 0 Å². The van der Waals surface area contributed by atoms with Crippen LogP contribution in [-0.2, 0) is 0 Å².